The Hall–Kier alpha value is -4.43. The summed E-state index contributed by atoms with van der Waals surface area (Å²) in [5, 5.41) is 13.3. The van der Waals surface area contributed by atoms with Gasteiger partial charge in [-0.05, 0) is 24.3 Å². The number of aromatic nitrogens is 1. The summed E-state index contributed by atoms with van der Waals surface area (Å²) < 4.78 is 1.82. The van der Waals surface area contributed by atoms with Crippen LogP contribution in [0.3, 0.4) is 0 Å². The van der Waals surface area contributed by atoms with Crippen molar-refractivity contribution in [3.63, 3.8) is 0 Å². The number of para-hydroxylation sites is 2. The van der Waals surface area contributed by atoms with Gasteiger partial charge in [0.1, 0.15) is 18.2 Å². The molecule has 1 aromatic heterocycles. The van der Waals surface area contributed by atoms with Gasteiger partial charge in [-0.15, -0.1) is 0 Å². The van der Waals surface area contributed by atoms with Crippen molar-refractivity contribution in [2.75, 3.05) is 5.32 Å². The van der Waals surface area contributed by atoms with Crippen LogP contribution >= 0.6 is 0 Å². The van der Waals surface area contributed by atoms with Crippen LogP contribution in [0.1, 0.15) is 15.9 Å². The predicted molar refractivity (Wildman–Crippen MR) is 121 cm³/mol. The Kier molecular flexibility index (Phi) is 5.72. The van der Waals surface area contributed by atoms with E-state index in [-0.39, 0.29) is 23.8 Å². The van der Waals surface area contributed by atoms with Crippen LogP contribution in [0, 0.1) is 11.3 Å². The van der Waals surface area contributed by atoms with Crippen molar-refractivity contribution < 1.29 is 9.59 Å². The monoisotopic (exact) mass is 405 g/mol. The number of benzene rings is 3. The van der Waals surface area contributed by atoms with Gasteiger partial charge < -0.3 is 9.88 Å². The van der Waals surface area contributed by atoms with Crippen molar-refractivity contribution in [2.24, 2.45) is 0 Å². The highest BCUT2D eigenvalue weighted by atomic mass is 16.2. The average molecular weight is 405 g/mol. The SMILES string of the molecule is N#C/C(=C\c1cn(CC(=O)Nc2ccccc2)c2ccccc12)C(=O)c1ccccc1. The summed E-state index contributed by atoms with van der Waals surface area (Å²) in [6.07, 6.45) is 3.38. The lowest BCUT2D eigenvalue weighted by atomic mass is 10.0. The Morgan fingerprint density at radius 2 is 1.55 bits per heavy atom. The number of fused-ring (bicyclic) bond motifs is 1. The van der Waals surface area contributed by atoms with Crippen molar-refractivity contribution in [3.8, 4) is 6.07 Å². The summed E-state index contributed by atoms with van der Waals surface area (Å²) in [6.45, 7) is 0.109. The lowest BCUT2D eigenvalue weighted by molar-refractivity contribution is -0.116. The predicted octanol–water partition coefficient (Wildman–Crippen LogP) is 5.07. The van der Waals surface area contributed by atoms with Gasteiger partial charge in [0, 0.05) is 33.9 Å². The molecule has 0 aliphatic rings. The van der Waals surface area contributed by atoms with Gasteiger partial charge in [0.15, 0.2) is 0 Å². The maximum Gasteiger partial charge on any atom is 0.244 e. The standard InChI is InChI=1S/C26H19N3O2/c27-16-20(26(31)19-9-3-1-4-10-19)15-21-17-29(24-14-8-7-13-23(21)24)18-25(30)28-22-11-5-2-6-12-22/h1-15,17H,18H2,(H,28,30)/b20-15+. The van der Waals surface area contributed by atoms with Gasteiger partial charge in [-0.2, -0.15) is 5.26 Å². The number of carbonyl (C=O) groups is 2. The first kappa shape index (κ1) is 19.9. The Bertz CT molecular complexity index is 1310. The van der Waals surface area contributed by atoms with Crippen molar-refractivity contribution in [1.29, 1.82) is 5.26 Å². The largest absolute Gasteiger partial charge is 0.337 e. The van der Waals surface area contributed by atoms with Gasteiger partial charge in [0.05, 0.1) is 0 Å². The third kappa shape index (κ3) is 4.44. The molecule has 1 heterocycles. The molecular weight excluding hydrogens is 386 g/mol. The molecule has 0 saturated heterocycles. The highest BCUT2D eigenvalue weighted by Crippen LogP contribution is 2.24. The Morgan fingerprint density at radius 1 is 0.903 bits per heavy atom. The van der Waals surface area contributed by atoms with Crippen LogP contribution in [0.15, 0.2) is 96.7 Å². The third-order valence-corrected chi connectivity index (χ3v) is 4.89. The number of rotatable bonds is 6. The number of ketones is 1. The summed E-state index contributed by atoms with van der Waals surface area (Å²) in [4.78, 5) is 25.3. The Balaban J connectivity index is 1.66. The van der Waals surface area contributed by atoms with E-state index < -0.39 is 0 Å². The Morgan fingerprint density at radius 3 is 2.26 bits per heavy atom. The van der Waals surface area contributed by atoms with E-state index in [1.807, 2.05) is 71.3 Å². The van der Waals surface area contributed by atoms with E-state index in [2.05, 4.69) is 5.32 Å². The van der Waals surface area contributed by atoms with Gasteiger partial charge in [-0.1, -0.05) is 66.7 Å². The third-order valence-electron chi connectivity index (χ3n) is 4.89. The number of amides is 1. The van der Waals surface area contributed by atoms with Crippen LogP contribution in [0.5, 0.6) is 0 Å². The molecular formula is C26H19N3O2. The molecule has 1 N–H and O–H groups in total. The molecule has 0 unspecified atom stereocenters. The quantitative estimate of drug-likeness (QED) is 0.276. The molecule has 0 aliphatic carbocycles. The van der Waals surface area contributed by atoms with E-state index in [0.717, 1.165) is 16.6 Å². The molecule has 0 atom stereocenters. The summed E-state index contributed by atoms with van der Waals surface area (Å²) in [5.74, 6) is -0.495. The molecule has 150 valence electrons. The van der Waals surface area contributed by atoms with Gasteiger partial charge >= 0.3 is 0 Å². The number of carbonyl (C=O) groups excluding carboxylic acids is 2. The van der Waals surface area contributed by atoms with E-state index in [1.54, 1.807) is 36.5 Å². The molecule has 0 fully saturated rings. The van der Waals surface area contributed by atoms with Gasteiger partial charge in [0.2, 0.25) is 11.7 Å². The fourth-order valence-corrected chi connectivity index (χ4v) is 3.45. The molecule has 0 aliphatic heterocycles. The fourth-order valence-electron chi connectivity index (χ4n) is 3.45. The van der Waals surface area contributed by atoms with Crippen molar-refractivity contribution in [1.82, 2.24) is 4.57 Å². The lowest BCUT2D eigenvalue weighted by Crippen LogP contribution is -2.18. The highest BCUT2D eigenvalue weighted by molar-refractivity contribution is 6.14. The van der Waals surface area contributed by atoms with Crippen LogP contribution in [-0.4, -0.2) is 16.3 Å². The minimum absolute atomic E-state index is 0.0443. The van der Waals surface area contributed by atoms with Crippen molar-refractivity contribution >= 4 is 34.4 Å². The average Bonchev–Trinajstić information content (AvgIpc) is 3.15. The highest BCUT2D eigenvalue weighted by Gasteiger charge is 2.15. The second-order valence-electron chi connectivity index (χ2n) is 7.01. The number of hydrogen-bond acceptors (Lipinski definition) is 3. The number of nitrogens with zero attached hydrogens (tertiary/aromatic N) is 2. The zero-order valence-electron chi connectivity index (χ0n) is 16.7. The van der Waals surface area contributed by atoms with Crippen molar-refractivity contribution in [3.05, 3.63) is 108 Å². The van der Waals surface area contributed by atoms with E-state index >= 15 is 0 Å². The maximum atomic E-state index is 12.7. The number of Topliss-reactive ketones (excluding diaryl/α,β-unsaturated/α-hetero) is 1. The minimum Gasteiger partial charge on any atom is -0.337 e. The normalized spacial score (nSPS) is 11.1. The molecule has 1 amide bonds. The first-order valence-corrected chi connectivity index (χ1v) is 9.80. The fraction of sp³-hybridized carbons (Fsp3) is 0.0385. The molecule has 31 heavy (non-hydrogen) atoms. The van der Waals surface area contributed by atoms with Crippen LogP contribution in [0.2, 0.25) is 0 Å². The molecule has 3 aromatic carbocycles. The number of nitrogens with one attached hydrogen (secondary N) is 1. The van der Waals surface area contributed by atoms with Crippen LogP contribution in [0.4, 0.5) is 5.69 Å². The van der Waals surface area contributed by atoms with E-state index in [1.165, 1.54) is 0 Å². The van der Waals surface area contributed by atoms with Gasteiger partial charge in [-0.25, -0.2) is 0 Å². The summed E-state index contributed by atoms with van der Waals surface area (Å²) in [7, 11) is 0. The topological polar surface area (TPSA) is 74.9 Å². The molecule has 5 nitrogen and oxygen atoms in total. The lowest BCUT2D eigenvalue weighted by Gasteiger charge is -2.07. The summed E-state index contributed by atoms with van der Waals surface area (Å²) in [6, 6.07) is 27.6. The zero-order valence-corrected chi connectivity index (χ0v) is 16.7. The second-order valence-corrected chi connectivity index (χ2v) is 7.01. The minimum atomic E-state index is -0.332. The van der Waals surface area contributed by atoms with Crippen LogP contribution < -0.4 is 5.32 Å². The van der Waals surface area contributed by atoms with E-state index in [4.69, 9.17) is 0 Å². The summed E-state index contributed by atoms with van der Waals surface area (Å²) >= 11 is 0. The zero-order chi connectivity index (χ0) is 21.6. The number of hydrogen-bond donors (Lipinski definition) is 1. The first-order valence-electron chi connectivity index (χ1n) is 9.80. The van der Waals surface area contributed by atoms with E-state index in [9.17, 15) is 14.9 Å². The molecule has 4 aromatic rings. The van der Waals surface area contributed by atoms with Crippen molar-refractivity contribution in [2.45, 2.75) is 6.54 Å². The van der Waals surface area contributed by atoms with E-state index in [0.29, 0.717) is 11.1 Å². The van der Waals surface area contributed by atoms with Crippen LogP contribution in [-0.2, 0) is 11.3 Å². The number of allylic oxidation sites excluding steroid dienone is 1. The molecule has 0 spiro atoms. The summed E-state index contributed by atoms with van der Waals surface area (Å²) in [5.41, 5.74) is 2.79. The van der Waals surface area contributed by atoms with Crippen LogP contribution in [0.25, 0.3) is 17.0 Å². The van der Waals surface area contributed by atoms with Gasteiger partial charge in [-0.3, -0.25) is 9.59 Å². The number of nitriles is 1. The molecule has 0 bridgehead atoms. The Labute approximate surface area is 179 Å². The number of anilines is 1. The molecule has 0 radical (unpaired) electrons. The molecule has 5 heteroatoms. The second kappa shape index (κ2) is 8.93. The molecule has 0 saturated carbocycles. The van der Waals surface area contributed by atoms with Gasteiger partial charge in [0.25, 0.3) is 0 Å². The smallest absolute Gasteiger partial charge is 0.244 e. The maximum absolute atomic E-state index is 12.7. The first-order chi connectivity index (χ1) is 15.2. The molecule has 4 rings (SSSR count).